The average Bonchev–Trinajstić information content (AvgIpc) is 2.77. The first-order chi connectivity index (χ1) is 7.47. The van der Waals surface area contributed by atoms with Gasteiger partial charge in [-0.25, -0.2) is 0 Å². The van der Waals surface area contributed by atoms with Crippen LogP contribution in [0.25, 0.3) is 0 Å². The van der Waals surface area contributed by atoms with Gasteiger partial charge in [0.2, 0.25) is 0 Å². The number of carbonyl (C=O) groups is 1. The van der Waals surface area contributed by atoms with E-state index in [0.717, 1.165) is 12.8 Å². The molecular weight excluding hydrogens is 222 g/mol. The van der Waals surface area contributed by atoms with Crippen molar-refractivity contribution in [2.75, 3.05) is 7.11 Å². The van der Waals surface area contributed by atoms with Crippen molar-refractivity contribution in [3.05, 3.63) is 22.4 Å². The second kappa shape index (κ2) is 5.46. The van der Waals surface area contributed by atoms with Gasteiger partial charge >= 0.3 is 5.97 Å². The first-order valence-corrected chi connectivity index (χ1v) is 6.26. The molecule has 4 heteroatoms. The van der Waals surface area contributed by atoms with Crippen LogP contribution in [0.5, 0.6) is 0 Å². The highest BCUT2D eigenvalue weighted by Crippen LogP contribution is 2.27. The zero-order valence-electron chi connectivity index (χ0n) is 10.0. The fourth-order valence-electron chi connectivity index (χ4n) is 1.50. The number of thiophene rings is 1. The van der Waals surface area contributed by atoms with Crippen molar-refractivity contribution in [2.24, 2.45) is 11.1 Å². The topological polar surface area (TPSA) is 52.3 Å². The standard InChI is InChI=1S/C12H19NO2S/c1-12(2,10(13)11(14)15-3)6-4-9-5-7-16-8-9/h5,7-8,10H,4,6,13H2,1-3H3. The van der Waals surface area contributed by atoms with Crippen LogP contribution in [0.15, 0.2) is 16.8 Å². The molecule has 1 aromatic rings. The molecule has 0 aliphatic heterocycles. The van der Waals surface area contributed by atoms with E-state index in [1.54, 1.807) is 11.3 Å². The SMILES string of the molecule is COC(=O)C(N)C(C)(C)CCc1ccsc1. The molecular formula is C12H19NO2S. The molecule has 2 N–H and O–H groups in total. The summed E-state index contributed by atoms with van der Waals surface area (Å²) in [6, 6.07) is 1.54. The number of hydrogen-bond donors (Lipinski definition) is 1. The van der Waals surface area contributed by atoms with Crippen molar-refractivity contribution in [1.82, 2.24) is 0 Å². The summed E-state index contributed by atoms with van der Waals surface area (Å²) >= 11 is 1.69. The van der Waals surface area contributed by atoms with Crippen LogP contribution >= 0.6 is 11.3 Å². The van der Waals surface area contributed by atoms with Gasteiger partial charge in [0, 0.05) is 0 Å². The van der Waals surface area contributed by atoms with E-state index in [-0.39, 0.29) is 11.4 Å². The Morgan fingerprint density at radius 2 is 2.31 bits per heavy atom. The van der Waals surface area contributed by atoms with E-state index >= 15 is 0 Å². The predicted molar refractivity (Wildman–Crippen MR) is 66.4 cm³/mol. The van der Waals surface area contributed by atoms with Crippen LogP contribution in [0.1, 0.15) is 25.8 Å². The highest BCUT2D eigenvalue weighted by molar-refractivity contribution is 7.07. The summed E-state index contributed by atoms with van der Waals surface area (Å²) in [4.78, 5) is 11.4. The van der Waals surface area contributed by atoms with Crippen molar-refractivity contribution in [1.29, 1.82) is 0 Å². The Morgan fingerprint density at radius 1 is 1.62 bits per heavy atom. The molecule has 1 rings (SSSR count). The van der Waals surface area contributed by atoms with Gasteiger partial charge in [0.1, 0.15) is 6.04 Å². The van der Waals surface area contributed by atoms with Crippen LogP contribution in [0.2, 0.25) is 0 Å². The molecule has 1 atom stereocenters. The van der Waals surface area contributed by atoms with Crippen LogP contribution in [0.4, 0.5) is 0 Å². The zero-order chi connectivity index (χ0) is 12.2. The highest BCUT2D eigenvalue weighted by Gasteiger charge is 2.32. The fourth-order valence-corrected chi connectivity index (χ4v) is 2.21. The zero-order valence-corrected chi connectivity index (χ0v) is 10.8. The van der Waals surface area contributed by atoms with E-state index in [9.17, 15) is 4.79 Å². The van der Waals surface area contributed by atoms with Crippen LogP contribution in [0, 0.1) is 5.41 Å². The van der Waals surface area contributed by atoms with E-state index in [0.29, 0.717) is 0 Å². The average molecular weight is 241 g/mol. The summed E-state index contributed by atoms with van der Waals surface area (Å²) in [5, 5.41) is 4.18. The quantitative estimate of drug-likeness (QED) is 0.804. The van der Waals surface area contributed by atoms with Gasteiger partial charge in [0.15, 0.2) is 0 Å². The molecule has 0 spiro atoms. The van der Waals surface area contributed by atoms with Gasteiger partial charge in [-0.15, -0.1) is 0 Å². The number of aryl methyl sites for hydroxylation is 1. The van der Waals surface area contributed by atoms with E-state index in [1.165, 1.54) is 12.7 Å². The molecule has 0 radical (unpaired) electrons. The smallest absolute Gasteiger partial charge is 0.323 e. The predicted octanol–water partition coefficient (Wildman–Crippen LogP) is 2.21. The molecule has 0 aromatic carbocycles. The third kappa shape index (κ3) is 3.32. The summed E-state index contributed by atoms with van der Waals surface area (Å²) < 4.78 is 4.67. The minimum absolute atomic E-state index is 0.241. The molecule has 3 nitrogen and oxygen atoms in total. The Bertz CT molecular complexity index is 333. The van der Waals surface area contributed by atoms with Gasteiger partial charge in [0.05, 0.1) is 7.11 Å². The molecule has 0 aliphatic rings. The number of hydrogen-bond acceptors (Lipinski definition) is 4. The number of carbonyl (C=O) groups excluding carboxylic acids is 1. The van der Waals surface area contributed by atoms with Gasteiger partial charge in [-0.1, -0.05) is 13.8 Å². The maximum atomic E-state index is 11.4. The monoisotopic (exact) mass is 241 g/mol. The molecule has 16 heavy (non-hydrogen) atoms. The Morgan fingerprint density at radius 3 is 2.81 bits per heavy atom. The van der Waals surface area contributed by atoms with E-state index in [2.05, 4.69) is 21.6 Å². The van der Waals surface area contributed by atoms with Gasteiger partial charge in [-0.05, 0) is 40.6 Å². The highest BCUT2D eigenvalue weighted by atomic mass is 32.1. The number of ether oxygens (including phenoxy) is 1. The summed E-state index contributed by atoms with van der Waals surface area (Å²) in [6.45, 7) is 4.00. The molecule has 0 saturated heterocycles. The van der Waals surface area contributed by atoms with Crippen molar-refractivity contribution in [3.8, 4) is 0 Å². The van der Waals surface area contributed by atoms with Gasteiger partial charge in [0.25, 0.3) is 0 Å². The maximum Gasteiger partial charge on any atom is 0.323 e. The lowest BCUT2D eigenvalue weighted by Crippen LogP contribution is -2.44. The Balaban J connectivity index is 2.54. The van der Waals surface area contributed by atoms with Gasteiger partial charge in [-0.2, -0.15) is 11.3 Å². The molecule has 1 unspecified atom stereocenters. The molecule has 0 bridgehead atoms. The summed E-state index contributed by atoms with van der Waals surface area (Å²) in [6.07, 6.45) is 1.82. The van der Waals surface area contributed by atoms with Crippen LogP contribution in [-0.4, -0.2) is 19.1 Å². The number of rotatable bonds is 5. The Kier molecular flexibility index (Phi) is 4.50. The van der Waals surface area contributed by atoms with Crippen molar-refractivity contribution < 1.29 is 9.53 Å². The molecule has 0 amide bonds. The van der Waals surface area contributed by atoms with E-state index < -0.39 is 6.04 Å². The van der Waals surface area contributed by atoms with Gasteiger partial charge < -0.3 is 10.5 Å². The van der Waals surface area contributed by atoms with Crippen molar-refractivity contribution >= 4 is 17.3 Å². The number of nitrogens with two attached hydrogens (primary N) is 1. The summed E-state index contributed by atoms with van der Waals surface area (Å²) in [5.74, 6) is -0.338. The first-order valence-electron chi connectivity index (χ1n) is 5.32. The molecule has 90 valence electrons. The summed E-state index contributed by atoms with van der Waals surface area (Å²) in [7, 11) is 1.37. The van der Waals surface area contributed by atoms with Crippen LogP contribution < -0.4 is 5.73 Å². The lowest BCUT2D eigenvalue weighted by molar-refractivity contribution is -0.145. The number of methoxy groups -OCH3 is 1. The number of esters is 1. The minimum Gasteiger partial charge on any atom is -0.468 e. The fraction of sp³-hybridized carbons (Fsp3) is 0.583. The lowest BCUT2D eigenvalue weighted by atomic mass is 9.80. The molecule has 0 saturated carbocycles. The normalized spacial score (nSPS) is 13.5. The lowest BCUT2D eigenvalue weighted by Gasteiger charge is -2.29. The third-order valence-electron chi connectivity index (χ3n) is 2.94. The molecule has 0 fully saturated rings. The van der Waals surface area contributed by atoms with Gasteiger partial charge in [-0.3, -0.25) is 4.79 Å². The molecule has 0 aliphatic carbocycles. The van der Waals surface area contributed by atoms with E-state index in [1.807, 2.05) is 13.8 Å². The first kappa shape index (κ1) is 13.2. The van der Waals surface area contributed by atoms with E-state index in [4.69, 9.17) is 5.73 Å². The third-order valence-corrected chi connectivity index (χ3v) is 3.67. The Hall–Kier alpha value is -0.870. The van der Waals surface area contributed by atoms with Crippen molar-refractivity contribution in [3.63, 3.8) is 0 Å². The second-order valence-electron chi connectivity index (χ2n) is 4.62. The second-order valence-corrected chi connectivity index (χ2v) is 5.40. The molecule has 1 heterocycles. The largest absolute Gasteiger partial charge is 0.468 e. The minimum atomic E-state index is -0.559. The summed E-state index contributed by atoms with van der Waals surface area (Å²) in [5.41, 5.74) is 6.93. The Labute approximate surface area is 101 Å². The van der Waals surface area contributed by atoms with Crippen molar-refractivity contribution in [2.45, 2.75) is 32.7 Å². The van der Waals surface area contributed by atoms with Crippen LogP contribution in [-0.2, 0) is 16.0 Å². The molecule has 1 aromatic heterocycles. The van der Waals surface area contributed by atoms with Crippen LogP contribution in [0.3, 0.4) is 0 Å². The maximum absolute atomic E-state index is 11.4.